The van der Waals surface area contributed by atoms with Crippen LogP contribution in [0.5, 0.6) is 0 Å². The lowest BCUT2D eigenvalue weighted by atomic mass is 10.2. The molecule has 0 saturated carbocycles. The topological polar surface area (TPSA) is 36.9 Å². The number of nitrogens with zero attached hydrogens (tertiary/aromatic N) is 1. The number of hydrogen-bond acceptors (Lipinski definition) is 2. The molecule has 1 atom stereocenters. The first-order valence-electron chi connectivity index (χ1n) is 7.96. The first-order valence-corrected chi connectivity index (χ1v) is 8.84. The smallest absolute Gasteiger partial charge is 0.278 e. The molecular weight excluding hydrogens is 311 g/mol. The van der Waals surface area contributed by atoms with Crippen LogP contribution in [0.1, 0.15) is 30.7 Å². The Balaban J connectivity index is 2.04. The van der Waals surface area contributed by atoms with Gasteiger partial charge >= 0.3 is 0 Å². The number of benzene rings is 1. The molecular formula is C18H24FN2OS+. The molecule has 23 heavy (non-hydrogen) atoms. The molecule has 124 valence electrons. The van der Waals surface area contributed by atoms with Crippen LogP contribution in [0.2, 0.25) is 0 Å². The third-order valence-electron chi connectivity index (χ3n) is 3.90. The van der Waals surface area contributed by atoms with Crippen LogP contribution in [0.15, 0.2) is 41.8 Å². The lowest BCUT2D eigenvalue weighted by Gasteiger charge is -2.22. The third kappa shape index (κ3) is 5.77. The van der Waals surface area contributed by atoms with E-state index >= 15 is 0 Å². The molecule has 5 heteroatoms. The Labute approximate surface area is 141 Å². The predicted octanol–water partition coefficient (Wildman–Crippen LogP) is 2.78. The van der Waals surface area contributed by atoms with Crippen molar-refractivity contribution in [1.82, 2.24) is 4.90 Å². The van der Waals surface area contributed by atoms with Crippen LogP contribution in [-0.2, 0) is 17.9 Å². The SMILES string of the molecule is CC[C@H](C)[NH2+]CC(=O)N(Cc1ccc(F)cc1)Cc1cccs1. The molecule has 1 aromatic carbocycles. The van der Waals surface area contributed by atoms with E-state index in [0.29, 0.717) is 25.7 Å². The van der Waals surface area contributed by atoms with Crippen LogP contribution >= 0.6 is 11.3 Å². The Bertz CT molecular complexity index is 598. The number of quaternary nitrogens is 1. The molecule has 2 N–H and O–H groups in total. The summed E-state index contributed by atoms with van der Waals surface area (Å²) in [6, 6.07) is 10.8. The minimum absolute atomic E-state index is 0.114. The van der Waals surface area contributed by atoms with Crippen LogP contribution in [0.4, 0.5) is 4.39 Å². The van der Waals surface area contributed by atoms with Gasteiger partial charge in [-0.05, 0) is 42.5 Å². The molecule has 1 heterocycles. The average Bonchev–Trinajstić information content (AvgIpc) is 3.06. The van der Waals surface area contributed by atoms with E-state index in [4.69, 9.17) is 0 Å². The zero-order valence-electron chi connectivity index (χ0n) is 13.7. The van der Waals surface area contributed by atoms with Gasteiger partial charge in [0.2, 0.25) is 0 Å². The number of halogens is 1. The summed E-state index contributed by atoms with van der Waals surface area (Å²) in [4.78, 5) is 15.6. The van der Waals surface area contributed by atoms with Crippen molar-refractivity contribution >= 4 is 17.2 Å². The highest BCUT2D eigenvalue weighted by Crippen LogP contribution is 2.15. The number of carbonyl (C=O) groups excluding carboxylic acids is 1. The van der Waals surface area contributed by atoms with Gasteiger partial charge in [-0.2, -0.15) is 0 Å². The fourth-order valence-corrected chi connectivity index (χ4v) is 2.95. The summed E-state index contributed by atoms with van der Waals surface area (Å²) in [6.07, 6.45) is 1.04. The van der Waals surface area contributed by atoms with Crippen molar-refractivity contribution in [2.24, 2.45) is 0 Å². The molecule has 0 spiro atoms. The maximum atomic E-state index is 13.1. The highest BCUT2D eigenvalue weighted by Gasteiger charge is 2.17. The Hall–Kier alpha value is -1.72. The summed E-state index contributed by atoms with van der Waals surface area (Å²) in [6.45, 7) is 5.79. The van der Waals surface area contributed by atoms with Gasteiger partial charge in [0.1, 0.15) is 5.82 Å². The van der Waals surface area contributed by atoms with Crippen molar-refractivity contribution in [3.8, 4) is 0 Å². The molecule has 1 amide bonds. The van der Waals surface area contributed by atoms with E-state index in [9.17, 15) is 9.18 Å². The Morgan fingerprint density at radius 3 is 2.61 bits per heavy atom. The number of nitrogens with two attached hydrogens (primary N) is 1. The summed E-state index contributed by atoms with van der Waals surface area (Å²) in [5.74, 6) is -0.141. The van der Waals surface area contributed by atoms with Crippen molar-refractivity contribution in [2.45, 2.75) is 39.4 Å². The van der Waals surface area contributed by atoms with Crippen molar-refractivity contribution in [1.29, 1.82) is 0 Å². The monoisotopic (exact) mass is 335 g/mol. The molecule has 2 rings (SSSR count). The molecule has 0 aliphatic carbocycles. The van der Waals surface area contributed by atoms with Crippen molar-refractivity contribution in [3.63, 3.8) is 0 Å². The minimum Gasteiger partial charge on any atom is -0.336 e. The molecule has 0 unspecified atom stereocenters. The van der Waals surface area contributed by atoms with E-state index in [1.54, 1.807) is 23.5 Å². The number of carbonyl (C=O) groups is 1. The van der Waals surface area contributed by atoms with Gasteiger partial charge in [-0.1, -0.05) is 25.1 Å². The van der Waals surface area contributed by atoms with E-state index in [2.05, 4.69) is 19.2 Å². The van der Waals surface area contributed by atoms with Crippen molar-refractivity contribution in [2.75, 3.05) is 6.54 Å². The third-order valence-corrected chi connectivity index (χ3v) is 4.77. The molecule has 0 aliphatic rings. The van der Waals surface area contributed by atoms with Gasteiger partial charge in [0.25, 0.3) is 5.91 Å². The van der Waals surface area contributed by atoms with Crippen LogP contribution in [-0.4, -0.2) is 23.4 Å². The second-order valence-corrected chi connectivity index (χ2v) is 6.81. The van der Waals surface area contributed by atoms with Crippen LogP contribution in [0.25, 0.3) is 0 Å². The molecule has 0 aliphatic heterocycles. The standard InChI is InChI=1S/C18H23FN2OS/c1-3-14(2)20-11-18(22)21(13-17-5-4-10-23-17)12-15-6-8-16(19)9-7-15/h4-10,14,20H,3,11-13H2,1-2H3/p+1/t14-/m0/s1. The van der Waals surface area contributed by atoms with Gasteiger partial charge in [-0.15, -0.1) is 11.3 Å². The summed E-state index contributed by atoms with van der Waals surface area (Å²) in [5, 5.41) is 4.09. The second-order valence-electron chi connectivity index (χ2n) is 5.78. The maximum Gasteiger partial charge on any atom is 0.278 e. The zero-order chi connectivity index (χ0) is 16.7. The van der Waals surface area contributed by atoms with Gasteiger partial charge in [0.15, 0.2) is 6.54 Å². The van der Waals surface area contributed by atoms with E-state index < -0.39 is 0 Å². The fourth-order valence-electron chi connectivity index (χ4n) is 2.23. The predicted molar refractivity (Wildman–Crippen MR) is 91.5 cm³/mol. The quantitative estimate of drug-likeness (QED) is 0.791. The molecule has 0 fully saturated rings. The zero-order valence-corrected chi connectivity index (χ0v) is 14.5. The average molecular weight is 335 g/mol. The molecule has 1 aromatic heterocycles. The minimum atomic E-state index is -0.255. The highest BCUT2D eigenvalue weighted by atomic mass is 32.1. The molecule has 3 nitrogen and oxygen atoms in total. The van der Waals surface area contributed by atoms with Crippen LogP contribution < -0.4 is 5.32 Å². The van der Waals surface area contributed by atoms with E-state index in [-0.39, 0.29) is 11.7 Å². The fraction of sp³-hybridized carbons (Fsp3) is 0.389. The lowest BCUT2D eigenvalue weighted by molar-refractivity contribution is -0.676. The van der Waals surface area contributed by atoms with E-state index in [0.717, 1.165) is 16.9 Å². The Morgan fingerprint density at radius 1 is 1.26 bits per heavy atom. The number of rotatable bonds is 8. The summed E-state index contributed by atoms with van der Waals surface area (Å²) < 4.78 is 13.1. The van der Waals surface area contributed by atoms with Crippen molar-refractivity contribution < 1.29 is 14.5 Å². The van der Waals surface area contributed by atoms with Gasteiger partial charge in [0.05, 0.1) is 12.6 Å². The normalized spacial score (nSPS) is 12.1. The number of hydrogen-bond donors (Lipinski definition) is 1. The van der Waals surface area contributed by atoms with E-state index in [1.165, 1.54) is 12.1 Å². The summed E-state index contributed by atoms with van der Waals surface area (Å²) in [5.41, 5.74) is 0.944. The van der Waals surface area contributed by atoms with Gasteiger partial charge in [0, 0.05) is 11.4 Å². The first-order chi connectivity index (χ1) is 11.1. The number of thiophene rings is 1. The van der Waals surface area contributed by atoms with Gasteiger partial charge in [-0.25, -0.2) is 4.39 Å². The Morgan fingerprint density at radius 2 is 2.00 bits per heavy atom. The van der Waals surface area contributed by atoms with Crippen molar-refractivity contribution in [3.05, 3.63) is 58.0 Å². The molecule has 0 radical (unpaired) electrons. The van der Waals surface area contributed by atoms with Crippen LogP contribution in [0, 0.1) is 5.82 Å². The Kier molecular flexibility index (Phi) is 6.74. The first kappa shape index (κ1) is 17.6. The highest BCUT2D eigenvalue weighted by molar-refractivity contribution is 7.09. The van der Waals surface area contributed by atoms with E-state index in [1.807, 2.05) is 22.4 Å². The number of amides is 1. The summed E-state index contributed by atoms with van der Waals surface area (Å²) in [7, 11) is 0. The molecule has 0 bridgehead atoms. The summed E-state index contributed by atoms with van der Waals surface area (Å²) >= 11 is 1.65. The largest absolute Gasteiger partial charge is 0.336 e. The lowest BCUT2D eigenvalue weighted by Crippen LogP contribution is -2.91. The maximum absolute atomic E-state index is 13.1. The van der Waals surface area contributed by atoms with Gasteiger partial charge < -0.3 is 10.2 Å². The van der Waals surface area contributed by atoms with Gasteiger partial charge in [-0.3, -0.25) is 4.79 Å². The van der Waals surface area contributed by atoms with Crippen LogP contribution in [0.3, 0.4) is 0 Å². The second kappa shape index (κ2) is 8.79. The molecule has 2 aromatic rings. The molecule has 0 saturated heterocycles.